The molecule has 2 amide bonds. The van der Waals surface area contributed by atoms with Gasteiger partial charge in [-0.15, -0.1) is 11.3 Å². The van der Waals surface area contributed by atoms with Gasteiger partial charge in [-0.3, -0.25) is 24.6 Å². The number of fused-ring (bicyclic) bond motifs is 1. The van der Waals surface area contributed by atoms with E-state index in [0.29, 0.717) is 0 Å². The molecule has 4 atom stereocenters. The zero-order valence-electron chi connectivity index (χ0n) is 12.0. The minimum atomic E-state index is -1.19. The number of amides is 2. The summed E-state index contributed by atoms with van der Waals surface area (Å²) in [7, 11) is 2.75. The molecule has 2 aliphatic heterocycles. The number of thiophene rings is 1. The molecule has 0 bridgehead atoms. The highest BCUT2D eigenvalue weighted by atomic mass is 32.1. The molecule has 0 aromatic carbocycles. The lowest BCUT2D eigenvalue weighted by atomic mass is 9.81. The lowest BCUT2D eigenvalue weighted by Crippen LogP contribution is -2.53. The maximum Gasteiger partial charge on any atom is 0.326 e. The fourth-order valence-corrected chi connectivity index (χ4v) is 4.22. The Morgan fingerprint density at radius 2 is 2.14 bits per heavy atom. The van der Waals surface area contributed by atoms with Gasteiger partial charge in [-0.2, -0.15) is 0 Å². The number of rotatable bonds is 2. The topological polar surface area (TPSA) is 75.7 Å². The first-order valence-corrected chi connectivity index (χ1v) is 7.50. The summed E-state index contributed by atoms with van der Waals surface area (Å²) in [5, 5.41) is 5.08. The second kappa shape index (κ2) is 4.64. The van der Waals surface area contributed by atoms with Crippen molar-refractivity contribution < 1.29 is 19.1 Å². The Kier molecular flexibility index (Phi) is 3.14. The average Bonchev–Trinajstić information content (AvgIpc) is 3.14. The van der Waals surface area contributed by atoms with Crippen LogP contribution in [-0.4, -0.2) is 42.4 Å². The van der Waals surface area contributed by atoms with Gasteiger partial charge in [-0.25, -0.2) is 0 Å². The van der Waals surface area contributed by atoms with Crippen molar-refractivity contribution in [1.29, 1.82) is 0 Å². The minimum absolute atomic E-state index is 0.247. The van der Waals surface area contributed by atoms with Crippen LogP contribution < -0.4 is 5.32 Å². The van der Waals surface area contributed by atoms with Crippen LogP contribution in [0, 0.1) is 11.8 Å². The third kappa shape index (κ3) is 1.77. The Labute approximate surface area is 126 Å². The van der Waals surface area contributed by atoms with Gasteiger partial charge < -0.3 is 4.74 Å². The van der Waals surface area contributed by atoms with E-state index >= 15 is 0 Å². The maximum absolute atomic E-state index is 12.4. The molecule has 2 fully saturated rings. The molecule has 7 heteroatoms. The van der Waals surface area contributed by atoms with Gasteiger partial charge in [0, 0.05) is 11.9 Å². The first kappa shape index (κ1) is 14.2. The van der Waals surface area contributed by atoms with Crippen LogP contribution in [0.15, 0.2) is 17.5 Å². The monoisotopic (exact) mass is 308 g/mol. The molecule has 21 heavy (non-hydrogen) atoms. The Morgan fingerprint density at radius 1 is 1.43 bits per heavy atom. The standard InChI is InChI=1S/C14H16N2O4S/c1-14(13(19)20-3)9-8(11(17)16(2)12(9)18)10(15-14)7-5-4-6-21-7/h4-6,8-10,15H,1-3H3/t8-,9+,10-,14+/m0/s1. The Morgan fingerprint density at radius 3 is 2.71 bits per heavy atom. The molecule has 1 N–H and O–H groups in total. The number of esters is 1. The quantitative estimate of drug-likeness (QED) is 0.638. The van der Waals surface area contributed by atoms with Crippen molar-refractivity contribution in [2.24, 2.45) is 11.8 Å². The molecular formula is C14H16N2O4S. The first-order chi connectivity index (χ1) is 9.91. The third-order valence-corrected chi connectivity index (χ3v) is 5.42. The highest BCUT2D eigenvalue weighted by Gasteiger charge is 2.66. The van der Waals surface area contributed by atoms with Crippen molar-refractivity contribution in [3.63, 3.8) is 0 Å². The molecule has 2 aliphatic rings. The van der Waals surface area contributed by atoms with E-state index in [0.717, 1.165) is 9.78 Å². The van der Waals surface area contributed by atoms with E-state index in [1.54, 1.807) is 6.92 Å². The van der Waals surface area contributed by atoms with Crippen molar-refractivity contribution >= 4 is 29.1 Å². The molecule has 3 rings (SSSR count). The average molecular weight is 308 g/mol. The number of hydrogen-bond acceptors (Lipinski definition) is 6. The molecule has 0 unspecified atom stereocenters. The van der Waals surface area contributed by atoms with Crippen LogP contribution >= 0.6 is 11.3 Å². The molecule has 1 aromatic rings. The number of ether oxygens (including phenoxy) is 1. The van der Waals surface area contributed by atoms with Crippen LogP contribution in [0.3, 0.4) is 0 Å². The molecule has 0 aliphatic carbocycles. The fourth-order valence-electron chi connectivity index (χ4n) is 3.39. The highest BCUT2D eigenvalue weighted by Crippen LogP contribution is 2.49. The van der Waals surface area contributed by atoms with Crippen molar-refractivity contribution in [3.8, 4) is 0 Å². The van der Waals surface area contributed by atoms with Crippen LogP contribution in [0.25, 0.3) is 0 Å². The van der Waals surface area contributed by atoms with E-state index in [2.05, 4.69) is 5.32 Å². The lowest BCUT2D eigenvalue weighted by molar-refractivity contribution is -0.152. The predicted octanol–water partition coefficient (Wildman–Crippen LogP) is 0.555. The SMILES string of the molecule is COC(=O)[C@]1(C)N[C@@H](c2cccs2)[C@H]2C(=O)N(C)C(=O)[C@@H]21. The summed E-state index contributed by atoms with van der Waals surface area (Å²) in [4.78, 5) is 39.1. The van der Waals surface area contributed by atoms with E-state index in [1.807, 2.05) is 17.5 Å². The molecule has 112 valence electrons. The van der Waals surface area contributed by atoms with Gasteiger partial charge in [0.05, 0.1) is 25.0 Å². The highest BCUT2D eigenvalue weighted by molar-refractivity contribution is 7.10. The summed E-state index contributed by atoms with van der Waals surface area (Å²) >= 11 is 1.50. The van der Waals surface area contributed by atoms with Gasteiger partial charge in [-0.1, -0.05) is 6.07 Å². The molecule has 0 spiro atoms. The molecule has 1 aromatic heterocycles. The van der Waals surface area contributed by atoms with Crippen molar-refractivity contribution in [2.45, 2.75) is 18.5 Å². The number of nitrogens with zero attached hydrogens (tertiary/aromatic N) is 1. The summed E-state index contributed by atoms with van der Waals surface area (Å²) in [5.74, 6) is -2.39. The largest absolute Gasteiger partial charge is 0.468 e. The number of imide groups is 1. The van der Waals surface area contributed by atoms with E-state index in [-0.39, 0.29) is 17.9 Å². The van der Waals surface area contributed by atoms with Crippen molar-refractivity contribution in [3.05, 3.63) is 22.4 Å². The van der Waals surface area contributed by atoms with Crippen LogP contribution in [0.5, 0.6) is 0 Å². The van der Waals surface area contributed by atoms with Gasteiger partial charge in [0.2, 0.25) is 11.8 Å². The van der Waals surface area contributed by atoms with E-state index in [9.17, 15) is 14.4 Å². The normalized spacial score (nSPS) is 35.2. The Bertz CT molecular complexity index is 615. The second-order valence-corrected chi connectivity index (χ2v) is 6.55. The number of hydrogen-bond donors (Lipinski definition) is 1. The molecule has 0 radical (unpaired) electrons. The summed E-state index contributed by atoms with van der Waals surface area (Å²) in [6.07, 6.45) is 0. The van der Waals surface area contributed by atoms with Gasteiger partial charge in [0.25, 0.3) is 0 Å². The van der Waals surface area contributed by atoms with Gasteiger partial charge in [0.15, 0.2) is 0 Å². The maximum atomic E-state index is 12.4. The number of methoxy groups -OCH3 is 1. The number of carbonyl (C=O) groups excluding carboxylic acids is 3. The molecular weight excluding hydrogens is 292 g/mol. The number of likely N-dealkylation sites (tertiary alicyclic amines) is 1. The van der Waals surface area contributed by atoms with Crippen LogP contribution in [0.1, 0.15) is 17.8 Å². The van der Waals surface area contributed by atoms with Crippen molar-refractivity contribution in [1.82, 2.24) is 10.2 Å². The van der Waals surface area contributed by atoms with Gasteiger partial charge >= 0.3 is 5.97 Å². The molecule has 2 saturated heterocycles. The minimum Gasteiger partial charge on any atom is -0.468 e. The lowest BCUT2D eigenvalue weighted by Gasteiger charge is -2.27. The summed E-state index contributed by atoms with van der Waals surface area (Å²) in [6.45, 7) is 1.63. The first-order valence-electron chi connectivity index (χ1n) is 6.62. The third-order valence-electron chi connectivity index (χ3n) is 4.47. The van der Waals surface area contributed by atoms with E-state index in [4.69, 9.17) is 4.74 Å². The Balaban J connectivity index is 2.10. The fraction of sp³-hybridized carbons (Fsp3) is 0.500. The number of carbonyl (C=O) groups is 3. The van der Waals surface area contributed by atoms with Crippen molar-refractivity contribution in [2.75, 3.05) is 14.2 Å². The second-order valence-electron chi connectivity index (χ2n) is 5.57. The summed E-state index contributed by atoms with van der Waals surface area (Å²) in [5.41, 5.74) is -1.19. The summed E-state index contributed by atoms with van der Waals surface area (Å²) < 4.78 is 4.85. The number of nitrogens with one attached hydrogen (secondary N) is 1. The molecule has 0 saturated carbocycles. The molecule has 6 nitrogen and oxygen atoms in total. The van der Waals surface area contributed by atoms with Crippen LogP contribution in [-0.2, 0) is 19.1 Å². The zero-order chi connectivity index (χ0) is 15.4. The van der Waals surface area contributed by atoms with Gasteiger partial charge in [-0.05, 0) is 18.4 Å². The zero-order valence-corrected chi connectivity index (χ0v) is 12.8. The predicted molar refractivity (Wildman–Crippen MR) is 75.4 cm³/mol. The van der Waals surface area contributed by atoms with E-state index in [1.165, 1.54) is 25.5 Å². The summed E-state index contributed by atoms with van der Waals surface area (Å²) in [6, 6.07) is 3.44. The Hall–Kier alpha value is -1.73. The smallest absolute Gasteiger partial charge is 0.326 e. The van der Waals surface area contributed by atoms with E-state index < -0.39 is 23.3 Å². The molecule has 3 heterocycles. The van der Waals surface area contributed by atoms with Crippen LogP contribution in [0.2, 0.25) is 0 Å². The van der Waals surface area contributed by atoms with Gasteiger partial charge in [0.1, 0.15) is 5.54 Å². The van der Waals surface area contributed by atoms with Crippen LogP contribution in [0.4, 0.5) is 0 Å².